The molecule has 0 aromatic carbocycles. The average molecular weight is 985 g/mol. The molecule has 68 heavy (non-hydrogen) atoms. The summed E-state index contributed by atoms with van der Waals surface area (Å²) in [7, 11) is 0. The first kappa shape index (κ1) is 59.3. The molecule has 0 bridgehead atoms. The van der Waals surface area contributed by atoms with Crippen LogP contribution in [0.15, 0.2) is 0 Å². The summed E-state index contributed by atoms with van der Waals surface area (Å²) in [6.45, 7) is 5.19. The highest BCUT2D eigenvalue weighted by molar-refractivity contribution is 5.71. The molecular formula is C48H88O20. The zero-order valence-corrected chi connectivity index (χ0v) is 40.6. The highest BCUT2D eigenvalue weighted by Gasteiger charge is 2.52. The van der Waals surface area contributed by atoms with E-state index in [1.807, 2.05) is 20.8 Å². The summed E-state index contributed by atoms with van der Waals surface area (Å²) in [5, 5.41) is 116. The largest absolute Gasteiger partial charge is 0.479 e. The number of carboxylic acids is 1. The van der Waals surface area contributed by atoms with E-state index in [2.05, 4.69) is 0 Å². The summed E-state index contributed by atoms with van der Waals surface area (Å²) >= 11 is 0. The van der Waals surface area contributed by atoms with Crippen molar-refractivity contribution in [3.05, 3.63) is 0 Å². The molecule has 20 heteroatoms. The summed E-state index contributed by atoms with van der Waals surface area (Å²) in [5.74, 6) is -0.791. The SMILES string of the molecule is CCCC[C@@H](CCC[C@H](O)[C@@H](O)CCCCCCCCCCCCCC[C@@H](O)C(=O)O)OC1OC[C@H](O)C(O)[C@@H]1OC1OC[C@H](O)[C@@H](O)[C@@H]1O[C@H]1O[C@@H](CO[C@H]2OC2CC(C)C)[C@H](O)[C@@H](O)[C@@H]1O. The third-order valence-electron chi connectivity index (χ3n) is 13.5. The minimum Gasteiger partial charge on any atom is -0.479 e. The Morgan fingerprint density at radius 2 is 1.03 bits per heavy atom. The topological polar surface area (TPSA) is 317 Å². The lowest BCUT2D eigenvalue weighted by atomic mass is 9.98. The molecule has 4 saturated heterocycles. The Kier molecular flexibility index (Phi) is 27.4. The van der Waals surface area contributed by atoms with Crippen molar-refractivity contribution in [2.75, 3.05) is 19.8 Å². The van der Waals surface area contributed by atoms with Crippen molar-refractivity contribution in [3.8, 4) is 0 Å². The van der Waals surface area contributed by atoms with Crippen molar-refractivity contribution in [2.45, 2.75) is 272 Å². The predicted molar refractivity (Wildman–Crippen MR) is 243 cm³/mol. The van der Waals surface area contributed by atoms with Crippen LogP contribution in [0, 0.1) is 5.92 Å². The monoisotopic (exact) mass is 985 g/mol. The fourth-order valence-corrected chi connectivity index (χ4v) is 9.05. The second-order valence-electron chi connectivity index (χ2n) is 19.9. The van der Waals surface area contributed by atoms with Crippen LogP contribution < -0.4 is 0 Å². The van der Waals surface area contributed by atoms with Gasteiger partial charge in [-0.2, -0.15) is 0 Å². The molecule has 11 N–H and O–H groups in total. The maximum Gasteiger partial charge on any atom is 0.332 e. The van der Waals surface area contributed by atoms with Crippen LogP contribution in [0.4, 0.5) is 0 Å². The van der Waals surface area contributed by atoms with Gasteiger partial charge in [0.1, 0.15) is 67.1 Å². The van der Waals surface area contributed by atoms with Crippen molar-refractivity contribution in [2.24, 2.45) is 5.92 Å². The Balaban J connectivity index is 1.21. The maximum atomic E-state index is 11.2. The van der Waals surface area contributed by atoms with Gasteiger partial charge >= 0.3 is 5.97 Å². The molecule has 0 spiro atoms. The Hall–Kier alpha value is -1.25. The quantitative estimate of drug-likeness (QED) is 0.0319. The molecule has 4 unspecified atom stereocenters. The van der Waals surface area contributed by atoms with Gasteiger partial charge in [-0.25, -0.2) is 4.79 Å². The number of carbonyl (C=O) groups is 1. The van der Waals surface area contributed by atoms with Crippen LogP contribution in [-0.4, -0.2) is 199 Å². The standard InChI is InChI=1S/C48H88O20/c1-4-5-19-29(20-18-23-31(50)30(49)21-16-14-12-10-8-6-7-9-11-13-15-17-22-32(51)44(59)60)64-47-42(37(54)33(52)25-61-47)68-48-43(38(55)34(53)26-62-48)67-46-41(58)40(57)39(56)36(66-46)27-63-45-35(65-45)24-28(2)3/h28-43,45-58H,4-27H2,1-3H3,(H,59,60)/t29-,30-,31-,32+,33-,34-,35?,36-,37?,38+,39-,40+,41-,42-,43-,45-,46+,47?,48?/m0/s1. The molecule has 19 atom stereocenters. The molecule has 20 nitrogen and oxygen atoms in total. The van der Waals surface area contributed by atoms with Gasteiger partial charge in [0.15, 0.2) is 31.3 Å². The van der Waals surface area contributed by atoms with Gasteiger partial charge in [0, 0.05) is 0 Å². The second kappa shape index (κ2) is 31.4. The van der Waals surface area contributed by atoms with E-state index >= 15 is 0 Å². The number of unbranched alkanes of at least 4 members (excludes halogenated alkanes) is 12. The molecule has 0 aromatic heterocycles. The first-order chi connectivity index (χ1) is 32.5. The van der Waals surface area contributed by atoms with Gasteiger partial charge in [-0.1, -0.05) is 111 Å². The van der Waals surface area contributed by atoms with Gasteiger partial charge in [0.2, 0.25) is 0 Å². The van der Waals surface area contributed by atoms with Crippen molar-refractivity contribution < 1.29 is 98.9 Å². The minimum atomic E-state index is -1.82. The molecule has 4 heterocycles. The number of hydrogen-bond donors (Lipinski definition) is 11. The lowest BCUT2D eigenvalue weighted by molar-refractivity contribution is -0.381. The van der Waals surface area contributed by atoms with Crippen molar-refractivity contribution >= 4 is 5.97 Å². The van der Waals surface area contributed by atoms with E-state index in [0.717, 1.165) is 83.5 Å². The fraction of sp³-hybridized carbons (Fsp3) is 0.979. The molecule has 0 radical (unpaired) electrons. The highest BCUT2D eigenvalue weighted by Crippen LogP contribution is 2.34. The Bertz CT molecular complexity index is 1350. The summed E-state index contributed by atoms with van der Waals surface area (Å²) in [4.78, 5) is 10.7. The molecule has 0 aliphatic carbocycles. The molecule has 4 rings (SSSR count). The van der Waals surface area contributed by atoms with Gasteiger partial charge in [-0.15, -0.1) is 0 Å². The van der Waals surface area contributed by atoms with E-state index in [-0.39, 0.29) is 19.3 Å². The number of aliphatic hydroxyl groups is 10. The van der Waals surface area contributed by atoms with Crippen molar-refractivity contribution in [1.82, 2.24) is 0 Å². The molecule has 0 aromatic rings. The van der Waals surface area contributed by atoms with Crippen LogP contribution >= 0.6 is 0 Å². The van der Waals surface area contributed by atoms with Crippen molar-refractivity contribution in [3.63, 3.8) is 0 Å². The van der Waals surface area contributed by atoms with Gasteiger partial charge in [0.05, 0.1) is 38.1 Å². The normalized spacial score (nSPS) is 35.0. The zero-order valence-electron chi connectivity index (χ0n) is 40.6. The van der Waals surface area contributed by atoms with Crippen LogP contribution in [-0.2, 0) is 42.7 Å². The Labute approximate surface area is 402 Å². The van der Waals surface area contributed by atoms with E-state index in [0.29, 0.717) is 44.4 Å². The number of epoxide rings is 1. The number of aliphatic carboxylic acids is 1. The molecule has 0 saturated carbocycles. The zero-order chi connectivity index (χ0) is 49.8. The first-order valence-electron chi connectivity index (χ1n) is 25.7. The Morgan fingerprint density at radius 3 is 1.59 bits per heavy atom. The third-order valence-corrected chi connectivity index (χ3v) is 13.5. The maximum absolute atomic E-state index is 11.2. The van der Waals surface area contributed by atoms with E-state index in [4.69, 9.17) is 43.0 Å². The van der Waals surface area contributed by atoms with Crippen molar-refractivity contribution in [1.29, 1.82) is 0 Å². The van der Waals surface area contributed by atoms with E-state index in [9.17, 15) is 55.9 Å². The van der Waals surface area contributed by atoms with Gasteiger partial charge < -0.3 is 94.1 Å². The Morgan fingerprint density at radius 1 is 0.544 bits per heavy atom. The fourth-order valence-electron chi connectivity index (χ4n) is 9.05. The van der Waals surface area contributed by atoms with Crippen LogP contribution in [0.1, 0.15) is 156 Å². The minimum absolute atomic E-state index is 0.122. The van der Waals surface area contributed by atoms with E-state index in [1.54, 1.807) is 0 Å². The molecule has 4 aliphatic heterocycles. The van der Waals surface area contributed by atoms with Gasteiger partial charge in [-0.3, -0.25) is 0 Å². The molecule has 4 aliphatic rings. The van der Waals surface area contributed by atoms with E-state index < -0.39 is 123 Å². The van der Waals surface area contributed by atoms with Gasteiger partial charge in [-0.05, 0) is 50.9 Å². The number of carboxylic acid groups (broad SMARTS) is 1. The number of hydrogen-bond acceptors (Lipinski definition) is 19. The molecule has 400 valence electrons. The average Bonchev–Trinajstić information content (AvgIpc) is 4.05. The lowest BCUT2D eigenvalue weighted by Gasteiger charge is -2.46. The van der Waals surface area contributed by atoms with Crippen LogP contribution in [0.25, 0.3) is 0 Å². The predicted octanol–water partition coefficient (Wildman–Crippen LogP) is 1.88. The number of aliphatic hydroxyl groups excluding tert-OH is 10. The van der Waals surface area contributed by atoms with Gasteiger partial charge in [0.25, 0.3) is 0 Å². The highest BCUT2D eigenvalue weighted by atomic mass is 16.8. The molecule has 4 fully saturated rings. The number of ether oxygens (including phenoxy) is 8. The number of rotatable bonds is 35. The van der Waals surface area contributed by atoms with Crippen LogP contribution in [0.5, 0.6) is 0 Å². The molecule has 0 amide bonds. The summed E-state index contributed by atoms with van der Waals surface area (Å²) in [6.07, 6.45) is -6.50. The smallest absolute Gasteiger partial charge is 0.332 e. The first-order valence-corrected chi connectivity index (χ1v) is 25.7. The third kappa shape index (κ3) is 20.0. The van der Waals surface area contributed by atoms with E-state index in [1.165, 1.54) is 12.8 Å². The van der Waals surface area contributed by atoms with Crippen LogP contribution in [0.2, 0.25) is 0 Å². The summed E-state index contributed by atoms with van der Waals surface area (Å²) in [5.41, 5.74) is 0. The molecular weight excluding hydrogens is 897 g/mol. The second-order valence-corrected chi connectivity index (χ2v) is 19.9. The summed E-state index contributed by atoms with van der Waals surface area (Å²) in [6, 6.07) is 0. The summed E-state index contributed by atoms with van der Waals surface area (Å²) < 4.78 is 47.2. The van der Waals surface area contributed by atoms with Crippen LogP contribution in [0.3, 0.4) is 0 Å². The lowest BCUT2D eigenvalue weighted by Crippen LogP contribution is -2.64.